The zero-order valence-electron chi connectivity index (χ0n) is 11.1. The number of hydrogen-bond donors (Lipinski definition) is 1. The predicted molar refractivity (Wildman–Crippen MR) is 79.2 cm³/mol. The number of nitrogens with zero attached hydrogens (tertiary/aromatic N) is 1. The molecule has 0 radical (unpaired) electrons. The maximum absolute atomic E-state index is 9.25. The minimum Gasteiger partial charge on any atom is -0.316 e. The summed E-state index contributed by atoms with van der Waals surface area (Å²) in [5.41, 5.74) is 3.11. The van der Waals surface area contributed by atoms with Crippen molar-refractivity contribution in [3.05, 3.63) is 59.2 Å². The van der Waals surface area contributed by atoms with E-state index >= 15 is 0 Å². The normalized spacial score (nSPS) is 10.2. The smallest absolute Gasteiger partial charge is 0.100 e. The molecule has 0 fully saturated rings. The van der Waals surface area contributed by atoms with Crippen LogP contribution in [-0.4, -0.2) is 7.05 Å². The zero-order valence-corrected chi connectivity index (χ0v) is 11.9. The summed E-state index contributed by atoms with van der Waals surface area (Å²) in [6, 6.07) is 16.7. The van der Waals surface area contributed by atoms with Gasteiger partial charge in [0.25, 0.3) is 0 Å². The van der Waals surface area contributed by atoms with Crippen molar-refractivity contribution in [3.8, 4) is 6.07 Å². The van der Waals surface area contributed by atoms with E-state index in [1.54, 1.807) is 11.8 Å². The van der Waals surface area contributed by atoms with Crippen molar-refractivity contribution in [1.82, 2.24) is 5.32 Å². The average Bonchev–Trinajstić information content (AvgIpc) is 2.43. The quantitative estimate of drug-likeness (QED) is 0.917. The first kappa shape index (κ1) is 13.7. The maximum atomic E-state index is 9.25. The molecule has 0 saturated carbocycles. The highest BCUT2D eigenvalue weighted by Gasteiger charge is 2.05. The van der Waals surface area contributed by atoms with Crippen LogP contribution in [0.4, 0.5) is 0 Å². The Bertz CT molecular complexity index is 597. The average molecular weight is 268 g/mol. The fourth-order valence-corrected chi connectivity index (χ4v) is 2.68. The summed E-state index contributed by atoms with van der Waals surface area (Å²) < 4.78 is 0. The zero-order chi connectivity index (χ0) is 13.7. The highest BCUT2D eigenvalue weighted by atomic mass is 32.2. The SMILES string of the molecule is CNCc1ccc(Sc2ccc(C)cc2)c(C#N)c1. The molecule has 0 atom stereocenters. The van der Waals surface area contributed by atoms with Gasteiger partial charge < -0.3 is 5.32 Å². The van der Waals surface area contributed by atoms with Gasteiger partial charge in [-0.15, -0.1) is 0 Å². The predicted octanol–water partition coefficient (Wildman–Crippen LogP) is 3.74. The number of nitriles is 1. The van der Waals surface area contributed by atoms with Gasteiger partial charge in [-0.25, -0.2) is 0 Å². The van der Waals surface area contributed by atoms with E-state index in [-0.39, 0.29) is 0 Å². The van der Waals surface area contributed by atoms with Gasteiger partial charge in [-0.2, -0.15) is 5.26 Å². The molecule has 0 aliphatic carbocycles. The second-order valence-corrected chi connectivity index (χ2v) is 5.50. The van der Waals surface area contributed by atoms with Gasteiger partial charge in [0.05, 0.1) is 5.56 Å². The van der Waals surface area contributed by atoms with E-state index in [1.165, 1.54) is 5.56 Å². The lowest BCUT2D eigenvalue weighted by atomic mass is 10.1. The number of aryl methyl sites for hydroxylation is 1. The lowest BCUT2D eigenvalue weighted by Crippen LogP contribution is -2.05. The molecule has 2 aromatic rings. The molecule has 0 saturated heterocycles. The Balaban J connectivity index is 2.25. The molecule has 96 valence electrons. The summed E-state index contributed by atoms with van der Waals surface area (Å²) in [6.45, 7) is 2.85. The molecule has 0 unspecified atom stereocenters. The molecule has 0 aliphatic heterocycles. The largest absolute Gasteiger partial charge is 0.316 e. The van der Waals surface area contributed by atoms with Gasteiger partial charge in [0, 0.05) is 16.3 Å². The van der Waals surface area contributed by atoms with Crippen molar-refractivity contribution >= 4 is 11.8 Å². The van der Waals surface area contributed by atoms with Crippen molar-refractivity contribution in [1.29, 1.82) is 5.26 Å². The second-order valence-electron chi connectivity index (χ2n) is 4.39. The molecule has 0 aromatic heterocycles. The Labute approximate surface area is 118 Å². The third kappa shape index (κ3) is 3.60. The Kier molecular flexibility index (Phi) is 4.62. The minimum atomic E-state index is 0.735. The van der Waals surface area contributed by atoms with Crippen LogP contribution in [0.25, 0.3) is 0 Å². The van der Waals surface area contributed by atoms with Crippen molar-refractivity contribution in [2.24, 2.45) is 0 Å². The molecule has 0 aliphatic rings. The van der Waals surface area contributed by atoms with Crippen LogP contribution in [0.1, 0.15) is 16.7 Å². The molecule has 0 spiro atoms. The standard InChI is InChI=1S/C16H16N2S/c1-12-3-6-15(7-4-12)19-16-8-5-13(11-18-2)9-14(16)10-17/h3-9,18H,11H2,1-2H3. The van der Waals surface area contributed by atoms with Gasteiger partial charge >= 0.3 is 0 Å². The Morgan fingerprint density at radius 2 is 1.89 bits per heavy atom. The minimum absolute atomic E-state index is 0.735. The first-order chi connectivity index (χ1) is 9.22. The number of nitrogens with one attached hydrogen (secondary N) is 1. The molecule has 0 bridgehead atoms. The first-order valence-electron chi connectivity index (χ1n) is 6.15. The van der Waals surface area contributed by atoms with E-state index in [0.29, 0.717) is 0 Å². The van der Waals surface area contributed by atoms with Gasteiger partial charge in [-0.1, -0.05) is 35.5 Å². The summed E-state index contributed by atoms with van der Waals surface area (Å²) in [5, 5.41) is 12.3. The lowest BCUT2D eigenvalue weighted by Gasteiger charge is -2.07. The molecule has 0 heterocycles. The second kappa shape index (κ2) is 6.42. The van der Waals surface area contributed by atoms with Crippen LogP contribution in [0, 0.1) is 18.3 Å². The first-order valence-corrected chi connectivity index (χ1v) is 6.96. The van der Waals surface area contributed by atoms with E-state index < -0.39 is 0 Å². The van der Waals surface area contributed by atoms with E-state index in [9.17, 15) is 5.26 Å². The molecule has 19 heavy (non-hydrogen) atoms. The number of benzene rings is 2. The van der Waals surface area contributed by atoms with Crippen molar-refractivity contribution in [2.75, 3.05) is 7.05 Å². The Hall–Kier alpha value is -1.76. The summed E-state index contributed by atoms with van der Waals surface area (Å²) in [7, 11) is 1.90. The molecular weight excluding hydrogens is 252 g/mol. The summed E-state index contributed by atoms with van der Waals surface area (Å²) in [5.74, 6) is 0. The van der Waals surface area contributed by atoms with Gasteiger partial charge in [-0.05, 0) is 43.8 Å². The topological polar surface area (TPSA) is 35.8 Å². The maximum Gasteiger partial charge on any atom is 0.100 e. The lowest BCUT2D eigenvalue weighted by molar-refractivity contribution is 0.816. The van der Waals surface area contributed by atoms with Crippen LogP contribution in [0.15, 0.2) is 52.3 Å². The molecular formula is C16H16N2S. The molecule has 0 amide bonds. The highest BCUT2D eigenvalue weighted by Crippen LogP contribution is 2.30. The summed E-state index contributed by atoms with van der Waals surface area (Å²) >= 11 is 1.63. The van der Waals surface area contributed by atoms with Crippen LogP contribution in [0.2, 0.25) is 0 Å². The Morgan fingerprint density at radius 1 is 1.16 bits per heavy atom. The molecule has 2 aromatic carbocycles. The summed E-state index contributed by atoms with van der Waals surface area (Å²) in [6.07, 6.45) is 0. The van der Waals surface area contributed by atoms with Crippen LogP contribution in [0.3, 0.4) is 0 Å². The van der Waals surface area contributed by atoms with Crippen LogP contribution >= 0.6 is 11.8 Å². The third-order valence-corrected chi connectivity index (χ3v) is 3.88. The van der Waals surface area contributed by atoms with Gasteiger partial charge in [0.15, 0.2) is 0 Å². The number of rotatable bonds is 4. The summed E-state index contributed by atoms with van der Waals surface area (Å²) in [4.78, 5) is 2.16. The Morgan fingerprint density at radius 3 is 2.53 bits per heavy atom. The van der Waals surface area contributed by atoms with E-state index in [1.807, 2.05) is 19.2 Å². The van der Waals surface area contributed by atoms with Gasteiger partial charge in [0.1, 0.15) is 6.07 Å². The molecule has 2 nitrogen and oxygen atoms in total. The van der Waals surface area contributed by atoms with Gasteiger partial charge in [0.2, 0.25) is 0 Å². The van der Waals surface area contributed by atoms with E-state index in [0.717, 1.165) is 27.5 Å². The molecule has 1 N–H and O–H groups in total. The highest BCUT2D eigenvalue weighted by molar-refractivity contribution is 7.99. The van der Waals surface area contributed by atoms with Crippen molar-refractivity contribution in [2.45, 2.75) is 23.3 Å². The monoisotopic (exact) mass is 268 g/mol. The van der Waals surface area contributed by atoms with Crippen LogP contribution in [0.5, 0.6) is 0 Å². The van der Waals surface area contributed by atoms with E-state index in [2.05, 4.69) is 48.6 Å². The molecule has 2 rings (SSSR count). The van der Waals surface area contributed by atoms with Crippen molar-refractivity contribution in [3.63, 3.8) is 0 Å². The molecule has 3 heteroatoms. The third-order valence-electron chi connectivity index (χ3n) is 2.79. The van der Waals surface area contributed by atoms with Crippen molar-refractivity contribution < 1.29 is 0 Å². The number of hydrogen-bond acceptors (Lipinski definition) is 3. The van der Waals surface area contributed by atoms with Gasteiger partial charge in [-0.3, -0.25) is 0 Å². The van der Waals surface area contributed by atoms with Crippen LogP contribution < -0.4 is 5.32 Å². The fourth-order valence-electron chi connectivity index (χ4n) is 1.80. The van der Waals surface area contributed by atoms with Crippen LogP contribution in [-0.2, 0) is 6.54 Å². The van der Waals surface area contributed by atoms with E-state index in [4.69, 9.17) is 0 Å². The fraction of sp³-hybridized carbons (Fsp3) is 0.188.